The first-order valence-corrected chi connectivity index (χ1v) is 9.73. The lowest BCUT2D eigenvalue weighted by Gasteiger charge is -2.18. The van der Waals surface area contributed by atoms with E-state index < -0.39 is 6.17 Å². The SMILES string of the molecule is COc1ccc(-c2ccc(NC(=O)c3ccccc3)c3c2C(NC(C)=O)NC3=O)cc1. The van der Waals surface area contributed by atoms with Crippen molar-refractivity contribution in [3.63, 3.8) is 0 Å². The van der Waals surface area contributed by atoms with Crippen molar-refractivity contribution in [3.8, 4) is 16.9 Å². The van der Waals surface area contributed by atoms with Crippen LogP contribution in [0.2, 0.25) is 0 Å². The monoisotopic (exact) mass is 415 g/mol. The first-order valence-electron chi connectivity index (χ1n) is 9.73. The number of fused-ring (bicyclic) bond motifs is 1. The van der Waals surface area contributed by atoms with E-state index in [1.165, 1.54) is 6.92 Å². The molecule has 1 unspecified atom stereocenters. The highest BCUT2D eigenvalue weighted by Gasteiger charge is 2.34. The first-order chi connectivity index (χ1) is 15.0. The van der Waals surface area contributed by atoms with Gasteiger partial charge in [-0.05, 0) is 41.5 Å². The number of amides is 3. The van der Waals surface area contributed by atoms with Crippen molar-refractivity contribution in [1.29, 1.82) is 0 Å². The summed E-state index contributed by atoms with van der Waals surface area (Å²) in [6.07, 6.45) is -0.703. The van der Waals surface area contributed by atoms with Gasteiger partial charge in [0.1, 0.15) is 11.9 Å². The molecule has 3 amide bonds. The molecule has 1 heterocycles. The minimum Gasteiger partial charge on any atom is -0.497 e. The Morgan fingerprint density at radius 3 is 2.32 bits per heavy atom. The molecule has 31 heavy (non-hydrogen) atoms. The van der Waals surface area contributed by atoms with Crippen molar-refractivity contribution in [3.05, 3.63) is 83.4 Å². The molecule has 7 nitrogen and oxygen atoms in total. The highest BCUT2D eigenvalue weighted by Crippen LogP contribution is 2.38. The van der Waals surface area contributed by atoms with Gasteiger partial charge < -0.3 is 20.7 Å². The lowest BCUT2D eigenvalue weighted by Crippen LogP contribution is -2.34. The Morgan fingerprint density at radius 2 is 1.68 bits per heavy atom. The van der Waals surface area contributed by atoms with Gasteiger partial charge in [-0.15, -0.1) is 0 Å². The number of hydrogen-bond donors (Lipinski definition) is 3. The van der Waals surface area contributed by atoms with Crippen molar-refractivity contribution in [1.82, 2.24) is 10.6 Å². The molecule has 3 aromatic rings. The zero-order valence-electron chi connectivity index (χ0n) is 17.1. The van der Waals surface area contributed by atoms with E-state index in [0.29, 0.717) is 28.1 Å². The molecule has 0 fully saturated rings. The number of nitrogens with one attached hydrogen (secondary N) is 3. The fourth-order valence-electron chi connectivity index (χ4n) is 3.66. The molecule has 3 aromatic carbocycles. The van der Waals surface area contributed by atoms with Crippen molar-refractivity contribution < 1.29 is 19.1 Å². The number of carbonyl (C=O) groups excluding carboxylic acids is 3. The van der Waals surface area contributed by atoms with E-state index in [-0.39, 0.29) is 17.7 Å². The predicted molar refractivity (Wildman–Crippen MR) is 117 cm³/mol. The van der Waals surface area contributed by atoms with Gasteiger partial charge in [0.2, 0.25) is 5.91 Å². The molecule has 0 saturated carbocycles. The van der Waals surface area contributed by atoms with Gasteiger partial charge >= 0.3 is 0 Å². The average Bonchev–Trinajstić information content (AvgIpc) is 3.10. The van der Waals surface area contributed by atoms with Gasteiger partial charge in [0.25, 0.3) is 11.8 Å². The van der Waals surface area contributed by atoms with E-state index in [2.05, 4.69) is 16.0 Å². The molecule has 1 aliphatic heterocycles. The lowest BCUT2D eigenvalue weighted by molar-refractivity contribution is -0.119. The zero-order chi connectivity index (χ0) is 22.0. The summed E-state index contributed by atoms with van der Waals surface area (Å²) >= 11 is 0. The van der Waals surface area contributed by atoms with Gasteiger partial charge in [0.05, 0.1) is 18.4 Å². The van der Waals surface area contributed by atoms with Crippen LogP contribution in [0.5, 0.6) is 5.75 Å². The Kier molecular flexibility index (Phi) is 5.41. The molecule has 0 spiro atoms. The van der Waals surface area contributed by atoms with Crippen molar-refractivity contribution in [2.24, 2.45) is 0 Å². The van der Waals surface area contributed by atoms with Gasteiger partial charge in [-0.3, -0.25) is 14.4 Å². The van der Waals surface area contributed by atoms with Crippen LogP contribution in [0.4, 0.5) is 5.69 Å². The maximum atomic E-state index is 12.8. The third-order valence-electron chi connectivity index (χ3n) is 5.07. The maximum absolute atomic E-state index is 12.8. The van der Waals surface area contributed by atoms with Crippen LogP contribution < -0.4 is 20.7 Å². The molecule has 3 N–H and O–H groups in total. The lowest BCUT2D eigenvalue weighted by atomic mass is 9.94. The molecule has 1 aliphatic rings. The third kappa shape index (κ3) is 3.98. The van der Waals surface area contributed by atoms with Crippen molar-refractivity contribution >= 4 is 23.4 Å². The van der Waals surface area contributed by atoms with Gasteiger partial charge in [-0.1, -0.05) is 36.4 Å². The van der Waals surface area contributed by atoms with Crippen molar-refractivity contribution in [2.45, 2.75) is 13.1 Å². The Hall–Kier alpha value is -4.13. The topological polar surface area (TPSA) is 96.5 Å². The second-order valence-electron chi connectivity index (χ2n) is 7.11. The van der Waals surface area contributed by atoms with Gasteiger partial charge in [0, 0.05) is 18.1 Å². The van der Waals surface area contributed by atoms with E-state index >= 15 is 0 Å². The fraction of sp³-hybridized carbons (Fsp3) is 0.125. The second kappa shape index (κ2) is 8.31. The van der Waals surface area contributed by atoms with Crippen LogP contribution in [0.3, 0.4) is 0 Å². The van der Waals surface area contributed by atoms with Crippen LogP contribution in [0.25, 0.3) is 11.1 Å². The number of methoxy groups -OCH3 is 1. The van der Waals surface area contributed by atoms with Gasteiger partial charge in [0.15, 0.2) is 0 Å². The highest BCUT2D eigenvalue weighted by molar-refractivity contribution is 6.12. The van der Waals surface area contributed by atoms with Gasteiger partial charge in [-0.2, -0.15) is 0 Å². The minimum atomic E-state index is -0.703. The summed E-state index contributed by atoms with van der Waals surface area (Å²) in [6, 6.07) is 19.7. The number of hydrogen-bond acceptors (Lipinski definition) is 4. The molecular formula is C24H21N3O4. The van der Waals surface area contributed by atoms with Crippen LogP contribution in [0.15, 0.2) is 66.7 Å². The first kappa shape index (κ1) is 20.2. The molecule has 7 heteroatoms. The third-order valence-corrected chi connectivity index (χ3v) is 5.07. The van der Waals surface area contributed by atoms with Crippen LogP contribution in [0.1, 0.15) is 39.4 Å². The second-order valence-corrected chi connectivity index (χ2v) is 7.11. The summed E-state index contributed by atoms with van der Waals surface area (Å²) < 4.78 is 5.22. The number of anilines is 1. The van der Waals surface area contributed by atoms with Crippen LogP contribution in [0, 0.1) is 0 Å². The Labute approximate surface area is 179 Å². The van der Waals surface area contributed by atoms with E-state index in [1.807, 2.05) is 36.4 Å². The van der Waals surface area contributed by atoms with Crippen LogP contribution in [-0.4, -0.2) is 24.8 Å². The summed E-state index contributed by atoms with van der Waals surface area (Å²) in [5.74, 6) is -0.263. The standard InChI is InChI=1S/C24H21N3O4/c1-14(28)25-22-20-18(15-8-10-17(31-2)11-9-15)12-13-19(21(20)24(30)27-22)26-23(29)16-6-4-3-5-7-16/h3-13,22H,1-2H3,(H,25,28)(H,26,29)(H,27,30). The molecule has 0 saturated heterocycles. The van der Waals surface area contributed by atoms with E-state index in [4.69, 9.17) is 4.74 Å². The Bertz CT molecular complexity index is 1160. The maximum Gasteiger partial charge on any atom is 0.255 e. The Morgan fingerprint density at radius 1 is 0.968 bits per heavy atom. The number of benzene rings is 3. The van der Waals surface area contributed by atoms with Crippen LogP contribution in [-0.2, 0) is 4.79 Å². The molecule has 1 atom stereocenters. The predicted octanol–water partition coefficient (Wildman–Crippen LogP) is 3.49. The minimum absolute atomic E-state index is 0.280. The van der Waals surface area contributed by atoms with E-state index in [0.717, 1.165) is 11.1 Å². The van der Waals surface area contributed by atoms with Crippen molar-refractivity contribution in [2.75, 3.05) is 12.4 Å². The largest absolute Gasteiger partial charge is 0.497 e. The summed E-state index contributed by atoms with van der Waals surface area (Å²) in [4.78, 5) is 37.3. The summed E-state index contributed by atoms with van der Waals surface area (Å²) in [7, 11) is 1.59. The highest BCUT2D eigenvalue weighted by atomic mass is 16.5. The molecule has 0 aromatic heterocycles. The zero-order valence-corrected chi connectivity index (χ0v) is 17.1. The number of rotatable bonds is 5. The molecule has 0 bridgehead atoms. The molecular weight excluding hydrogens is 394 g/mol. The Balaban J connectivity index is 1.80. The normalized spacial score (nSPS) is 14.4. The van der Waals surface area contributed by atoms with Crippen LogP contribution >= 0.6 is 0 Å². The summed E-state index contributed by atoms with van der Waals surface area (Å²) in [6.45, 7) is 1.39. The fourth-order valence-corrected chi connectivity index (χ4v) is 3.66. The number of ether oxygens (including phenoxy) is 1. The summed E-state index contributed by atoms with van der Waals surface area (Å²) in [5, 5.41) is 8.38. The average molecular weight is 415 g/mol. The number of carbonyl (C=O) groups is 3. The van der Waals surface area contributed by atoms with Gasteiger partial charge in [-0.25, -0.2) is 0 Å². The van der Waals surface area contributed by atoms with E-state index in [9.17, 15) is 14.4 Å². The van der Waals surface area contributed by atoms with E-state index in [1.54, 1.807) is 37.4 Å². The molecule has 4 rings (SSSR count). The molecule has 0 aliphatic carbocycles. The molecule has 156 valence electrons. The quantitative estimate of drug-likeness (QED) is 0.594. The summed E-state index contributed by atoms with van der Waals surface area (Å²) in [5.41, 5.74) is 3.42. The smallest absolute Gasteiger partial charge is 0.255 e. The molecule has 0 radical (unpaired) electrons.